The van der Waals surface area contributed by atoms with Gasteiger partial charge in [0.1, 0.15) is 6.47 Å². The predicted molar refractivity (Wildman–Crippen MR) is 129 cm³/mol. The van der Waals surface area contributed by atoms with Crippen LogP contribution >= 0.6 is 63.7 Å². The maximum atomic E-state index is 14.0. The van der Waals surface area contributed by atoms with E-state index in [1.165, 1.54) is 28.4 Å². The van der Waals surface area contributed by atoms with Crippen LogP contribution in [0.5, 0.6) is 23.0 Å². The summed E-state index contributed by atoms with van der Waals surface area (Å²) < 4.78 is 19.1. The summed E-state index contributed by atoms with van der Waals surface area (Å²) in [5.74, 6) is 0.896. The van der Waals surface area contributed by atoms with Crippen molar-refractivity contribution in [2.45, 2.75) is 6.47 Å². The highest BCUT2D eigenvalue weighted by molar-refractivity contribution is 9.26. The van der Waals surface area contributed by atoms with E-state index in [0.29, 0.717) is 45.3 Å². The highest BCUT2D eigenvalue weighted by Crippen LogP contribution is 2.75. The van der Waals surface area contributed by atoms with E-state index in [-0.39, 0.29) is 11.6 Å². The Hall–Kier alpha value is -1.10. The number of ether oxygens (including phenoxy) is 4. The molecule has 6 nitrogen and oxygen atoms in total. The van der Waals surface area contributed by atoms with Gasteiger partial charge in [0.05, 0.1) is 28.4 Å². The lowest BCUT2D eigenvalue weighted by molar-refractivity contribution is 0.0682. The van der Waals surface area contributed by atoms with Crippen LogP contribution in [0.1, 0.15) is 31.8 Å². The van der Waals surface area contributed by atoms with Crippen LogP contribution in [0.25, 0.3) is 0 Å². The zero-order chi connectivity index (χ0) is 22.9. The Morgan fingerprint density at radius 1 is 0.581 bits per heavy atom. The number of Topliss-reactive ketones (excluding diaryl/α,β-unsaturated/α-hetero) is 2. The lowest BCUT2D eigenvalue weighted by atomic mass is 9.79. The first-order valence-corrected chi connectivity index (χ1v) is 12.1. The number of hydrogen-bond donors (Lipinski definition) is 0. The van der Waals surface area contributed by atoms with Crippen LogP contribution in [-0.4, -0.2) is 40.0 Å². The second kappa shape index (κ2) is 7.46. The normalized spacial score (nSPS) is 19.2. The van der Waals surface area contributed by atoms with Crippen molar-refractivity contribution < 1.29 is 28.5 Å². The van der Waals surface area contributed by atoms with Gasteiger partial charge in [-0.05, 0) is 35.4 Å². The van der Waals surface area contributed by atoms with Gasteiger partial charge in [0.15, 0.2) is 40.0 Å². The van der Waals surface area contributed by atoms with Crippen LogP contribution < -0.4 is 18.9 Å². The number of ketones is 2. The molecule has 0 bridgehead atoms. The summed E-state index contributed by atoms with van der Waals surface area (Å²) in [6, 6.07) is 6.57. The molecular weight excluding hydrogens is 668 g/mol. The molecule has 4 rings (SSSR count). The van der Waals surface area contributed by atoms with Gasteiger partial charge in [-0.3, -0.25) is 9.59 Å². The molecule has 0 aromatic heterocycles. The minimum atomic E-state index is -1.65. The van der Waals surface area contributed by atoms with Gasteiger partial charge >= 0.3 is 0 Å². The molecule has 164 valence electrons. The SMILES string of the molecule is COc1cc2c(cc1OC)C(Br)(Br)C1(C2=O)C(=O)c2cc(OC)c(OC)cc2C1(Br)Br. The molecule has 0 saturated heterocycles. The van der Waals surface area contributed by atoms with Gasteiger partial charge < -0.3 is 18.9 Å². The molecule has 0 heterocycles. The Labute approximate surface area is 212 Å². The van der Waals surface area contributed by atoms with Crippen molar-refractivity contribution in [3.63, 3.8) is 0 Å². The van der Waals surface area contributed by atoms with Gasteiger partial charge in [0.2, 0.25) is 0 Å². The number of rotatable bonds is 4. The molecule has 0 amide bonds. The van der Waals surface area contributed by atoms with E-state index >= 15 is 0 Å². The fraction of sp³-hybridized carbons (Fsp3) is 0.333. The fourth-order valence-corrected chi connectivity index (χ4v) is 9.34. The quantitative estimate of drug-likeness (QED) is 0.305. The Morgan fingerprint density at radius 3 is 1.16 bits per heavy atom. The smallest absolute Gasteiger partial charge is 0.182 e. The number of carbonyl (C=O) groups is 2. The van der Waals surface area contributed by atoms with Gasteiger partial charge in [0.25, 0.3) is 0 Å². The Bertz CT molecular complexity index is 1050. The van der Waals surface area contributed by atoms with Crippen molar-refractivity contribution in [1.82, 2.24) is 0 Å². The number of benzene rings is 2. The zero-order valence-corrected chi connectivity index (χ0v) is 23.1. The topological polar surface area (TPSA) is 71.1 Å². The van der Waals surface area contributed by atoms with E-state index in [1.54, 1.807) is 24.3 Å². The van der Waals surface area contributed by atoms with Crippen molar-refractivity contribution in [1.29, 1.82) is 0 Å². The number of carbonyl (C=O) groups excluding carboxylic acids is 2. The summed E-state index contributed by atoms with van der Waals surface area (Å²) >= 11 is 14.7. The van der Waals surface area contributed by atoms with E-state index in [4.69, 9.17) is 18.9 Å². The first kappa shape index (κ1) is 23.1. The van der Waals surface area contributed by atoms with Crippen molar-refractivity contribution in [3.8, 4) is 23.0 Å². The molecule has 1 spiro atoms. The molecule has 0 radical (unpaired) electrons. The zero-order valence-electron chi connectivity index (χ0n) is 16.8. The molecule has 0 aliphatic heterocycles. The van der Waals surface area contributed by atoms with E-state index in [0.717, 1.165) is 0 Å². The average Bonchev–Trinajstić information content (AvgIpc) is 3.04. The first-order chi connectivity index (χ1) is 14.5. The Kier molecular flexibility index (Phi) is 5.55. The van der Waals surface area contributed by atoms with Crippen molar-refractivity contribution in [2.75, 3.05) is 28.4 Å². The van der Waals surface area contributed by atoms with Crippen LogP contribution in [-0.2, 0) is 6.47 Å². The van der Waals surface area contributed by atoms with Crippen LogP contribution in [0, 0.1) is 5.41 Å². The van der Waals surface area contributed by atoms with Gasteiger partial charge in [-0.15, -0.1) is 0 Å². The van der Waals surface area contributed by atoms with E-state index in [2.05, 4.69) is 63.7 Å². The maximum Gasteiger partial charge on any atom is 0.182 e. The third-order valence-corrected chi connectivity index (χ3v) is 9.92. The second-order valence-corrected chi connectivity index (χ2v) is 13.9. The van der Waals surface area contributed by atoms with Crippen LogP contribution in [0.2, 0.25) is 0 Å². The minimum absolute atomic E-state index is 0.342. The lowest BCUT2D eigenvalue weighted by Gasteiger charge is -2.40. The van der Waals surface area contributed by atoms with Crippen LogP contribution in [0.15, 0.2) is 24.3 Å². The number of methoxy groups -OCH3 is 4. The van der Waals surface area contributed by atoms with Gasteiger partial charge in [-0.2, -0.15) is 0 Å². The molecule has 0 fully saturated rings. The van der Waals surface area contributed by atoms with Crippen molar-refractivity contribution in [2.24, 2.45) is 5.41 Å². The number of alkyl halides is 4. The highest BCUT2D eigenvalue weighted by atomic mass is 79.9. The van der Waals surface area contributed by atoms with E-state index in [9.17, 15) is 9.59 Å². The molecule has 0 saturated carbocycles. The third-order valence-electron chi connectivity index (χ3n) is 5.84. The van der Waals surface area contributed by atoms with Crippen LogP contribution in [0.4, 0.5) is 0 Å². The third kappa shape index (κ3) is 2.65. The molecule has 0 atom stereocenters. The van der Waals surface area contributed by atoms with Gasteiger partial charge in [0, 0.05) is 11.1 Å². The molecule has 10 heteroatoms. The summed E-state index contributed by atoms with van der Waals surface area (Å²) in [7, 11) is 6.00. The van der Waals surface area contributed by atoms with Crippen molar-refractivity contribution in [3.05, 3.63) is 46.5 Å². The summed E-state index contributed by atoms with van der Waals surface area (Å²) in [6.45, 7) is 0. The van der Waals surface area contributed by atoms with E-state index < -0.39 is 11.9 Å². The summed E-state index contributed by atoms with van der Waals surface area (Å²) in [6.07, 6.45) is 0. The van der Waals surface area contributed by atoms with Gasteiger partial charge in [-0.25, -0.2) is 0 Å². The maximum absolute atomic E-state index is 14.0. The first-order valence-electron chi connectivity index (χ1n) is 8.92. The Balaban J connectivity index is 2.04. The summed E-state index contributed by atoms with van der Waals surface area (Å²) in [5.41, 5.74) is 0.140. The number of hydrogen-bond acceptors (Lipinski definition) is 6. The molecule has 0 unspecified atom stereocenters. The largest absolute Gasteiger partial charge is 0.493 e. The molecule has 2 aromatic carbocycles. The molecular formula is C21H16Br4O6. The Morgan fingerprint density at radius 2 is 0.871 bits per heavy atom. The second-order valence-electron chi connectivity index (χ2n) is 7.06. The standard InChI is InChI=1S/C21H16Br4O6/c1-28-13-5-9-11(7-15(13)30-3)20(22,23)19(17(9)26)18(27)10-6-14(29-2)16(31-4)8-12(10)21(19,24)25/h5-8H,1-4H3. The number of fused-ring (bicyclic) bond motifs is 2. The van der Waals surface area contributed by atoms with Crippen LogP contribution in [0.3, 0.4) is 0 Å². The van der Waals surface area contributed by atoms with E-state index in [1.807, 2.05) is 0 Å². The molecule has 0 N–H and O–H groups in total. The summed E-state index contributed by atoms with van der Waals surface area (Å²) in [4.78, 5) is 28.0. The highest BCUT2D eigenvalue weighted by Gasteiger charge is 2.77. The monoisotopic (exact) mass is 680 g/mol. The van der Waals surface area contributed by atoms with Crippen molar-refractivity contribution >= 4 is 75.3 Å². The lowest BCUT2D eigenvalue weighted by Crippen LogP contribution is -2.50. The minimum Gasteiger partial charge on any atom is -0.493 e. The predicted octanol–water partition coefficient (Wildman–Crippen LogP) is 5.69. The summed E-state index contributed by atoms with van der Waals surface area (Å²) in [5, 5.41) is 0. The van der Waals surface area contributed by atoms with Gasteiger partial charge in [-0.1, -0.05) is 63.7 Å². The average molecular weight is 684 g/mol. The molecule has 31 heavy (non-hydrogen) atoms. The molecule has 2 aromatic rings. The fourth-order valence-electron chi connectivity index (χ4n) is 4.33. The molecule has 2 aliphatic rings. The molecule has 2 aliphatic carbocycles. The number of halogens is 4.